The van der Waals surface area contributed by atoms with Gasteiger partial charge in [-0.1, -0.05) is 53.6 Å². The van der Waals surface area contributed by atoms with E-state index in [4.69, 9.17) is 17.4 Å². The molecule has 0 radical (unpaired) electrons. The van der Waals surface area contributed by atoms with E-state index in [1.54, 1.807) is 22.8 Å². The minimum absolute atomic E-state index is 0.218. The van der Waals surface area contributed by atoms with Gasteiger partial charge in [0.2, 0.25) is 0 Å². The molecule has 9 nitrogen and oxygen atoms in total. The Morgan fingerprint density at radius 2 is 1.92 bits per heavy atom. The van der Waals surface area contributed by atoms with E-state index >= 15 is 0 Å². The van der Waals surface area contributed by atoms with E-state index < -0.39 is 5.60 Å². The van der Waals surface area contributed by atoms with Crippen LogP contribution in [-0.4, -0.2) is 50.1 Å². The van der Waals surface area contributed by atoms with Crippen molar-refractivity contribution in [1.82, 2.24) is 25.1 Å². The average molecular weight is 627 g/mol. The van der Waals surface area contributed by atoms with Crippen LogP contribution in [-0.2, 0) is 5.60 Å². The molecule has 0 bridgehead atoms. The zero-order valence-electron chi connectivity index (χ0n) is 20.1. The highest BCUT2D eigenvalue weighted by Crippen LogP contribution is 2.44. The third-order valence-corrected chi connectivity index (χ3v) is 7.56. The number of aromatic nitrogens is 4. The number of benzene rings is 3. The Morgan fingerprint density at radius 1 is 1.19 bits per heavy atom. The van der Waals surface area contributed by atoms with Gasteiger partial charge in [-0.15, -0.1) is 0 Å². The predicted octanol–water partition coefficient (Wildman–Crippen LogP) is 4.23. The first kappa shape index (κ1) is 25.2. The molecule has 1 aliphatic heterocycles. The van der Waals surface area contributed by atoms with E-state index in [0.29, 0.717) is 22.1 Å². The molecule has 37 heavy (non-hydrogen) atoms. The lowest BCUT2D eigenvalue weighted by Gasteiger charge is -2.37. The smallest absolute Gasteiger partial charge is 0.250 e. The van der Waals surface area contributed by atoms with Crippen LogP contribution in [0.15, 0.2) is 84.6 Å². The summed E-state index contributed by atoms with van der Waals surface area (Å²) in [6, 6.07) is 20.5. The first-order valence-electron chi connectivity index (χ1n) is 11.3. The van der Waals surface area contributed by atoms with Crippen LogP contribution in [0.5, 0.6) is 0 Å². The van der Waals surface area contributed by atoms with Crippen LogP contribution in [0.25, 0.3) is 0 Å². The second kappa shape index (κ2) is 9.77. The zero-order valence-corrected chi connectivity index (χ0v) is 23.0. The van der Waals surface area contributed by atoms with E-state index in [9.17, 15) is 5.11 Å². The molecule has 188 valence electrons. The van der Waals surface area contributed by atoms with Crippen molar-refractivity contribution in [2.24, 2.45) is 10.9 Å². The summed E-state index contributed by atoms with van der Waals surface area (Å²) >= 11 is 8.60. The van der Waals surface area contributed by atoms with Crippen LogP contribution >= 0.6 is 34.2 Å². The Hall–Kier alpha value is -3.48. The lowest BCUT2D eigenvalue weighted by Crippen LogP contribution is -2.45. The second-order valence-electron chi connectivity index (χ2n) is 8.68. The number of nitrogens with two attached hydrogens (primary N) is 1. The van der Waals surface area contributed by atoms with E-state index in [0.717, 1.165) is 20.4 Å². The van der Waals surface area contributed by atoms with Crippen molar-refractivity contribution < 1.29 is 5.11 Å². The van der Waals surface area contributed by atoms with Gasteiger partial charge < -0.3 is 20.7 Å². The van der Waals surface area contributed by atoms with Crippen LogP contribution in [0.1, 0.15) is 28.3 Å². The summed E-state index contributed by atoms with van der Waals surface area (Å²) in [4.78, 5) is 3.52. The van der Waals surface area contributed by atoms with Crippen molar-refractivity contribution >= 4 is 51.7 Å². The molecule has 2 atom stereocenters. The summed E-state index contributed by atoms with van der Waals surface area (Å²) < 4.78 is 2.78. The molecule has 4 aromatic rings. The summed E-state index contributed by atoms with van der Waals surface area (Å²) in [5, 5.41) is 29.5. The van der Waals surface area contributed by atoms with Gasteiger partial charge in [0.05, 0.1) is 0 Å². The molecule has 0 aliphatic carbocycles. The van der Waals surface area contributed by atoms with Crippen LogP contribution in [0.3, 0.4) is 0 Å². The Kier molecular flexibility index (Phi) is 6.65. The van der Waals surface area contributed by atoms with Gasteiger partial charge in [0.1, 0.15) is 6.04 Å². The van der Waals surface area contributed by atoms with Gasteiger partial charge in [0.25, 0.3) is 5.95 Å². The number of anilines is 2. The molecule has 0 amide bonds. The lowest BCUT2D eigenvalue weighted by atomic mass is 9.82. The molecule has 3 N–H and O–H groups in total. The van der Waals surface area contributed by atoms with Crippen molar-refractivity contribution in [3.05, 3.63) is 110 Å². The Bertz CT molecular complexity index is 1500. The summed E-state index contributed by atoms with van der Waals surface area (Å²) in [5.41, 5.74) is 2.17. The van der Waals surface area contributed by atoms with Crippen LogP contribution < -0.4 is 10.7 Å². The molecule has 3 aromatic carbocycles. The molecule has 0 saturated heterocycles. The maximum absolute atomic E-state index is 12.4. The number of rotatable bonds is 5. The number of halogens is 2. The van der Waals surface area contributed by atoms with Crippen LogP contribution in [0, 0.1) is 3.57 Å². The third kappa shape index (κ3) is 4.14. The van der Waals surface area contributed by atoms with Crippen molar-refractivity contribution in [1.29, 1.82) is 0 Å². The van der Waals surface area contributed by atoms with Crippen molar-refractivity contribution in [3.63, 3.8) is 0 Å². The van der Waals surface area contributed by atoms with Crippen molar-refractivity contribution in [2.45, 2.75) is 11.6 Å². The van der Waals surface area contributed by atoms with E-state index in [1.165, 1.54) is 0 Å². The topological polar surface area (TPSA) is 109 Å². The molecular formula is C26H24ClIN8O. The van der Waals surface area contributed by atoms with Gasteiger partial charge >= 0.3 is 0 Å². The fraction of sp³-hybridized carbons (Fsp3) is 0.154. The molecule has 11 heteroatoms. The zero-order chi connectivity index (χ0) is 26.3. The lowest BCUT2D eigenvalue weighted by molar-refractivity contribution is 0.144. The maximum Gasteiger partial charge on any atom is 0.250 e. The van der Waals surface area contributed by atoms with Crippen molar-refractivity contribution in [2.75, 3.05) is 19.0 Å². The number of aliphatic hydroxyl groups is 1. The molecule has 2 unspecified atom stereocenters. The number of likely N-dealkylation sites (N-methyl/N-ethyl adjacent to an activating group) is 1. The minimum Gasteiger partial charge on any atom is -0.373 e. The van der Waals surface area contributed by atoms with E-state index in [2.05, 4.69) is 49.8 Å². The molecule has 5 rings (SSSR count). The Labute approximate surface area is 233 Å². The highest BCUT2D eigenvalue weighted by atomic mass is 127. The molecule has 0 spiro atoms. The van der Waals surface area contributed by atoms with Gasteiger partial charge in [-0.05, 0) is 92.3 Å². The normalized spacial score (nSPS) is 16.5. The highest BCUT2D eigenvalue weighted by molar-refractivity contribution is 14.1. The fourth-order valence-electron chi connectivity index (χ4n) is 4.76. The highest BCUT2D eigenvalue weighted by Gasteiger charge is 2.42. The van der Waals surface area contributed by atoms with Gasteiger partial charge in [0.15, 0.2) is 11.4 Å². The largest absolute Gasteiger partial charge is 0.373 e. The monoisotopic (exact) mass is 626 g/mol. The number of nitrogens with zero attached hydrogens (tertiary/aromatic N) is 7. The first-order chi connectivity index (χ1) is 17.8. The summed E-state index contributed by atoms with van der Waals surface area (Å²) in [6.07, 6.45) is 1.55. The SMILES string of the molecule is C=CN(C)/C(=N\N)C(O)(c1ccc(I)cc1)c1ccc2c(c1)C(c1cccc(Cl)c1)n1nnnc1N2C. The van der Waals surface area contributed by atoms with Crippen LogP contribution in [0.4, 0.5) is 11.6 Å². The van der Waals surface area contributed by atoms with Gasteiger partial charge in [0, 0.05) is 33.9 Å². The van der Waals surface area contributed by atoms with Crippen LogP contribution in [0.2, 0.25) is 5.02 Å². The molecular weight excluding hydrogens is 603 g/mol. The summed E-state index contributed by atoms with van der Waals surface area (Å²) in [7, 11) is 3.64. The van der Waals surface area contributed by atoms with E-state index in [1.807, 2.05) is 78.7 Å². The first-order valence-corrected chi connectivity index (χ1v) is 12.8. The van der Waals surface area contributed by atoms with Gasteiger partial charge in [-0.3, -0.25) is 0 Å². The molecule has 1 aliphatic rings. The number of tetrazole rings is 1. The fourth-order valence-corrected chi connectivity index (χ4v) is 5.32. The van der Waals surface area contributed by atoms with Crippen molar-refractivity contribution in [3.8, 4) is 0 Å². The van der Waals surface area contributed by atoms with E-state index in [-0.39, 0.29) is 11.9 Å². The maximum atomic E-state index is 12.4. The number of hydrogen-bond donors (Lipinski definition) is 2. The summed E-state index contributed by atoms with van der Waals surface area (Å²) in [5.74, 6) is 6.68. The molecule has 0 fully saturated rings. The van der Waals surface area contributed by atoms with Gasteiger partial charge in [-0.2, -0.15) is 9.78 Å². The number of hydrogen-bond acceptors (Lipinski definition) is 7. The molecule has 0 saturated carbocycles. The molecule has 2 heterocycles. The Balaban J connectivity index is 1.77. The Morgan fingerprint density at radius 3 is 2.59 bits per heavy atom. The average Bonchev–Trinajstić information content (AvgIpc) is 3.39. The number of amidine groups is 1. The third-order valence-electron chi connectivity index (χ3n) is 6.60. The minimum atomic E-state index is -1.69. The second-order valence-corrected chi connectivity index (χ2v) is 10.4. The quantitative estimate of drug-likeness (QED) is 0.112. The molecule has 1 aromatic heterocycles. The van der Waals surface area contributed by atoms with Gasteiger partial charge in [-0.25, -0.2) is 0 Å². The number of fused-ring (bicyclic) bond motifs is 2. The predicted molar refractivity (Wildman–Crippen MR) is 153 cm³/mol. The summed E-state index contributed by atoms with van der Waals surface area (Å²) in [6.45, 7) is 3.84. The number of hydrazone groups is 1. The standard InChI is InChI=1S/C26H24ClIN8O/c1-4-34(2)24(30-29)26(37,17-8-11-20(28)12-9-17)18-10-13-22-21(15-18)23(16-6-5-7-19(27)14-16)36-25(35(22)3)31-32-33-36/h4-15,23,37H,1,29H2,2-3H3/b30-24-.